The van der Waals surface area contributed by atoms with E-state index in [4.69, 9.17) is 9.84 Å². The number of carbonyl (C=O) groups excluding carboxylic acids is 2. The van der Waals surface area contributed by atoms with Gasteiger partial charge in [0, 0.05) is 18.4 Å². The van der Waals surface area contributed by atoms with Gasteiger partial charge in [-0.1, -0.05) is 55.0 Å². The number of aliphatic carboxylic acids is 1. The van der Waals surface area contributed by atoms with Crippen molar-refractivity contribution in [2.45, 2.75) is 56.4 Å². The van der Waals surface area contributed by atoms with Gasteiger partial charge in [0.05, 0.1) is 12.0 Å². The van der Waals surface area contributed by atoms with Gasteiger partial charge in [0.2, 0.25) is 5.91 Å². The van der Waals surface area contributed by atoms with Crippen molar-refractivity contribution in [3.8, 4) is 11.1 Å². The molecule has 0 radical (unpaired) electrons. The van der Waals surface area contributed by atoms with Gasteiger partial charge in [0.1, 0.15) is 6.61 Å². The molecule has 0 heterocycles. The second-order valence-electron chi connectivity index (χ2n) is 10.3. The quantitative estimate of drug-likeness (QED) is 0.522. The van der Waals surface area contributed by atoms with Crippen LogP contribution in [0.2, 0.25) is 0 Å². The Kier molecular flexibility index (Phi) is 6.50. The number of nitrogens with one attached hydrogen (secondary N) is 2. The van der Waals surface area contributed by atoms with Gasteiger partial charge in [-0.15, -0.1) is 0 Å². The van der Waals surface area contributed by atoms with Crippen LogP contribution in [0.3, 0.4) is 0 Å². The molecular formula is C28H32N2O5. The zero-order chi connectivity index (χ0) is 24.4. The summed E-state index contributed by atoms with van der Waals surface area (Å²) in [5, 5.41) is 15.0. The molecule has 7 nitrogen and oxygen atoms in total. The Morgan fingerprint density at radius 1 is 0.971 bits per heavy atom. The predicted octanol–water partition coefficient (Wildman–Crippen LogP) is 4.46. The molecule has 3 N–H and O–H groups in total. The highest BCUT2D eigenvalue weighted by Gasteiger charge is 2.46. The number of ether oxygens (including phenoxy) is 1. The molecule has 2 aromatic carbocycles. The first kappa shape index (κ1) is 23.4. The van der Waals surface area contributed by atoms with E-state index in [1.54, 1.807) is 0 Å². The first-order chi connectivity index (χ1) is 16.9. The smallest absolute Gasteiger partial charge is 0.407 e. The Morgan fingerprint density at radius 2 is 1.63 bits per heavy atom. The maximum absolute atomic E-state index is 12.8. The third-order valence-corrected chi connectivity index (χ3v) is 7.76. The van der Waals surface area contributed by atoms with Crippen molar-refractivity contribution in [1.82, 2.24) is 10.6 Å². The highest BCUT2D eigenvalue weighted by atomic mass is 16.5. The monoisotopic (exact) mass is 476 g/mol. The normalized spacial score (nSPS) is 21.9. The standard InChI is InChI=1S/C28H32N2O5/c31-25(32)15-28(12-13-28)30-26(33)19-7-5-6-18(14-19)16-29-27(34)35-17-24-22-10-3-1-8-20(22)21-9-2-4-11-23(21)24/h1-4,8-11,18-19,24H,5-7,12-17H2,(H,29,34)(H,30,33)(H,31,32). The molecule has 2 amide bonds. The van der Waals surface area contributed by atoms with E-state index in [1.165, 1.54) is 22.3 Å². The van der Waals surface area contributed by atoms with E-state index in [0.29, 0.717) is 13.0 Å². The summed E-state index contributed by atoms with van der Waals surface area (Å²) in [5.74, 6) is -0.832. The molecule has 3 aliphatic rings. The molecule has 2 unspecified atom stereocenters. The van der Waals surface area contributed by atoms with E-state index >= 15 is 0 Å². The molecule has 184 valence electrons. The SMILES string of the molecule is O=C(O)CC1(NC(=O)C2CCCC(CNC(=O)OCC3c4ccccc4-c4ccccc43)C2)CC1. The minimum Gasteiger partial charge on any atom is -0.481 e. The van der Waals surface area contributed by atoms with E-state index in [1.807, 2.05) is 24.3 Å². The highest BCUT2D eigenvalue weighted by molar-refractivity contribution is 5.81. The molecule has 2 aromatic rings. The van der Waals surface area contributed by atoms with Crippen LogP contribution in [0.4, 0.5) is 4.79 Å². The van der Waals surface area contributed by atoms with Gasteiger partial charge in [0.15, 0.2) is 0 Å². The lowest BCUT2D eigenvalue weighted by molar-refractivity contribution is -0.138. The minimum absolute atomic E-state index is 0.0156. The third-order valence-electron chi connectivity index (χ3n) is 7.76. The third kappa shape index (κ3) is 5.19. The lowest BCUT2D eigenvalue weighted by Gasteiger charge is -2.29. The number of alkyl carbamates (subject to hydrolysis) is 1. The van der Waals surface area contributed by atoms with Gasteiger partial charge in [-0.25, -0.2) is 4.79 Å². The van der Waals surface area contributed by atoms with Gasteiger partial charge >= 0.3 is 12.1 Å². The zero-order valence-electron chi connectivity index (χ0n) is 19.8. The van der Waals surface area contributed by atoms with E-state index < -0.39 is 17.6 Å². The van der Waals surface area contributed by atoms with Crippen molar-refractivity contribution in [2.24, 2.45) is 11.8 Å². The average molecular weight is 477 g/mol. The molecule has 0 aromatic heterocycles. The molecule has 35 heavy (non-hydrogen) atoms. The molecule has 0 aliphatic heterocycles. The highest BCUT2D eigenvalue weighted by Crippen LogP contribution is 2.44. The van der Waals surface area contributed by atoms with Crippen LogP contribution in [0.25, 0.3) is 11.1 Å². The molecule has 3 aliphatic carbocycles. The largest absolute Gasteiger partial charge is 0.481 e. The zero-order valence-corrected chi connectivity index (χ0v) is 19.8. The Morgan fingerprint density at radius 3 is 2.26 bits per heavy atom. The van der Waals surface area contributed by atoms with E-state index in [0.717, 1.165) is 32.1 Å². The van der Waals surface area contributed by atoms with Gasteiger partial charge < -0.3 is 20.5 Å². The summed E-state index contributed by atoms with van der Waals surface area (Å²) in [4.78, 5) is 36.3. The minimum atomic E-state index is -0.878. The Hall–Kier alpha value is -3.35. The molecule has 0 saturated heterocycles. The van der Waals surface area contributed by atoms with Crippen LogP contribution in [0.1, 0.15) is 62.0 Å². The fourth-order valence-corrected chi connectivity index (χ4v) is 5.74. The molecule has 7 heteroatoms. The number of rotatable bonds is 8. The Balaban J connectivity index is 1.10. The van der Waals surface area contributed by atoms with Crippen LogP contribution in [0.15, 0.2) is 48.5 Å². The molecule has 5 rings (SSSR count). The van der Waals surface area contributed by atoms with Crippen LogP contribution < -0.4 is 10.6 Å². The number of carbonyl (C=O) groups is 3. The first-order valence-corrected chi connectivity index (χ1v) is 12.6. The van der Waals surface area contributed by atoms with E-state index in [-0.39, 0.29) is 36.7 Å². The molecule has 2 fully saturated rings. The number of carboxylic acids is 1. The van der Waals surface area contributed by atoms with Gasteiger partial charge in [-0.05, 0) is 60.3 Å². The van der Waals surface area contributed by atoms with Gasteiger partial charge in [-0.3, -0.25) is 9.59 Å². The molecule has 0 spiro atoms. The van der Waals surface area contributed by atoms with E-state index in [2.05, 4.69) is 34.9 Å². The summed E-state index contributed by atoms with van der Waals surface area (Å²) in [5.41, 5.74) is 4.20. The summed E-state index contributed by atoms with van der Waals surface area (Å²) in [6.45, 7) is 0.752. The fraction of sp³-hybridized carbons (Fsp3) is 0.464. The number of hydrogen-bond acceptors (Lipinski definition) is 4. The van der Waals surface area contributed by atoms with Crippen molar-refractivity contribution < 1.29 is 24.2 Å². The molecule has 2 saturated carbocycles. The van der Waals surface area contributed by atoms with Crippen LogP contribution in [0, 0.1) is 11.8 Å². The average Bonchev–Trinajstić information content (AvgIpc) is 3.53. The van der Waals surface area contributed by atoms with Crippen molar-refractivity contribution in [3.05, 3.63) is 59.7 Å². The number of fused-ring (bicyclic) bond motifs is 3. The van der Waals surface area contributed by atoms with Crippen molar-refractivity contribution in [1.29, 1.82) is 0 Å². The van der Waals surface area contributed by atoms with Crippen molar-refractivity contribution in [2.75, 3.05) is 13.2 Å². The van der Waals surface area contributed by atoms with Gasteiger partial charge in [-0.2, -0.15) is 0 Å². The second-order valence-corrected chi connectivity index (χ2v) is 10.3. The number of amides is 2. The molecule has 2 atom stereocenters. The Bertz CT molecular complexity index is 1080. The van der Waals surface area contributed by atoms with Crippen molar-refractivity contribution >= 4 is 18.0 Å². The van der Waals surface area contributed by atoms with Gasteiger partial charge in [0.25, 0.3) is 0 Å². The summed E-state index contributed by atoms with van der Waals surface area (Å²) in [7, 11) is 0. The topological polar surface area (TPSA) is 105 Å². The summed E-state index contributed by atoms with van der Waals surface area (Å²) >= 11 is 0. The maximum atomic E-state index is 12.8. The lowest BCUT2D eigenvalue weighted by atomic mass is 9.80. The van der Waals surface area contributed by atoms with Crippen molar-refractivity contribution in [3.63, 3.8) is 0 Å². The predicted molar refractivity (Wildman–Crippen MR) is 131 cm³/mol. The number of benzene rings is 2. The lowest BCUT2D eigenvalue weighted by Crippen LogP contribution is -2.44. The first-order valence-electron chi connectivity index (χ1n) is 12.6. The van der Waals surface area contributed by atoms with Crippen LogP contribution in [0.5, 0.6) is 0 Å². The molecule has 0 bridgehead atoms. The second kappa shape index (κ2) is 9.72. The fourth-order valence-electron chi connectivity index (χ4n) is 5.74. The summed E-state index contributed by atoms with van der Waals surface area (Å²) < 4.78 is 5.63. The van der Waals surface area contributed by atoms with Crippen LogP contribution >= 0.6 is 0 Å². The number of carboxylic acid groups (broad SMARTS) is 1. The Labute approximate surface area is 205 Å². The summed E-state index contributed by atoms with van der Waals surface area (Å²) in [6.07, 6.45) is 4.37. The summed E-state index contributed by atoms with van der Waals surface area (Å²) in [6, 6.07) is 16.5. The van der Waals surface area contributed by atoms with Crippen LogP contribution in [-0.4, -0.2) is 41.8 Å². The van der Waals surface area contributed by atoms with Crippen LogP contribution in [-0.2, 0) is 14.3 Å². The molecular weight excluding hydrogens is 444 g/mol. The number of hydrogen-bond donors (Lipinski definition) is 3. The van der Waals surface area contributed by atoms with E-state index in [9.17, 15) is 14.4 Å². The maximum Gasteiger partial charge on any atom is 0.407 e.